The summed E-state index contributed by atoms with van der Waals surface area (Å²) >= 11 is 0. The number of alkyl halides is 3. The van der Waals surface area contributed by atoms with Crippen molar-refractivity contribution in [1.82, 2.24) is 15.4 Å². The highest BCUT2D eigenvalue weighted by atomic mass is 32.2. The molecule has 0 heterocycles. The first kappa shape index (κ1) is 26.5. The smallest absolute Gasteiger partial charge is 0.336 e. The highest BCUT2D eigenvalue weighted by molar-refractivity contribution is 7.89. The van der Waals surface area contributed by atoms with Gasteiger partial charge in [0, 0.05) is 6.54 Å². The number of nitrogens with one attached hydrogen (secondary N) is 3. The molecule has 0 bridgehead atoms. The number of carbonyl (C=O) groups is 1. The first-order valence-electron chi connectivity index (χ1n) is 10.4. The van der Waals surface area contributed by atoms with Crippen LogP contribution in [0.2, 0.25) is 0 Å². The molecule has 0 spiro atoms. The molecule has 0 aromatic heterocycles. The Kier molecular flexibility index (Phi) is 7.78. The standard InChI is InChI=1S/C22H21F5N4O3S/c23-16-5-1-14(2-6-16)11-29-35(33,34)12-18(20(32)31-21(13-28)9-10-21)30-19(22(25,26)27)15-3-7-17(24)8-4-15/h1-8,18-19,29-30H,9-12H2,(H,31,32)/t18-,19-/m0/s1. The molecule has 7 nitrogen and oxygen atoms in total. The van der Waals surface area contributed by atoms with Gasteiger partial charge in [0.1, 0.15) is 29.3 Å². The normalized spacial score (nSPS) is 16.7. The van der Waals surface area contributed by atoms with Crippen LogP contribution in [0.1, 0.15) is 30.0 Å². The Labute approximate surface area is 198 Å². The molecule has 0 saturated heterocycles. The summed E-state index contributed by atoms with van der Waals surface area (Å²) in [5, 5.41) is 13.5. The molecule has 13 heteroatoms. The van der Waals surface area contributed by atoms with Crippen molar-refractivity contribution < 1.29 is 35.2 Å². The minimum absolute atomic E-state index is 0.276. The number of benzene rings is 2. The number of nitriles is 1. The molecule has 1 aliphatic rings. The van der Waals surface area contributed by atoms with Gasteiger partial charge in [-0.05, 0) is 48.2 Å². The van der Waals surface area contributed by atoms with Gasteiger partial charge >= 0.3 is 6.18 Å². The summed E-state index contributed by atoms with van der Waals surface area (Å²) in [5.74, 6) is -3.51. The average molecular weight is 516 g/mol. The van der Waals surface area contributed by atoms with Gasteiger partial charge in [0.25, 0.3) is 0 Å². The summed E-state index contributed by atoms with van der Waals surface area (Å²) < 4.78 is 95.3. The topological polar surface area (TPSA) is 111 Å². The van der Waals surface area contributed by atoms with Crippen molar-refractivity contribution in [3.05, 3.63) is 71.3 Å². The van der Waals surface area contributed by atoms with Crippen molar-refractivity contribution in [2.75, 3.05) is 5.75 Å². The summed E-state index contributed by atoms with van der Waals surface area (Å²) in [7, 11) is -4.33. The maximum absolute atomic E-state index is 13.8. The fraction of sp³-hybridized carbons (Fsp3) is 0.364. The van der Waals surface area contributed by atoms with E-state index in [1.807, 2.05) is 11.4 Å². The highest BCUT2D eigenvalue weighted by Gasteiger charge is 2.48. The molecule has 1 amide bonds. The molecule has 35 heavy (non-hydrogen) atoms. The predicted octanol–water partition coefficient (Wildman–Crippen LogP) is 2.82. The molecule has 1 aliphatic carbocycles. The fourth-order valence-corrected chi connectivity index (χ4v) is 4.41. The van der Waals surface area contributed by atoms with Gasteiger partial charge in [-0.3, -0.25) is 10.1 Å². The van der Waals surface area contributed by atoms with Gasteiger partial charge in [-0.2, -0.15) is 18.4 Å². The van der Waals surface area contributed by atoms with Gasteiger partial charge < -0.3 is 5.32 Å². The van der Waals surface area contributed by atoms with E-state index in [0.29, 0.717) is 5.56 Å². The molecule has 0 unspecified atom stereocenters. The Morgan fingerprint density at radius 2 is 1.57 bits per heavy atom. The minimum Gasteiger partial charge on any atom is -0.336 e. The third-order valence-electron chi connectivity index (χ3n) is 5.34. The van der Waals surface area contributed by atoms with Crippen LogP contribution in [0.25, 0.3) is 0 Å². The summed E-state index contributed by atoms with van der Waals surface area (Å²) in [4.78, 5) is 12.8. The zero-order valence-electron chi connectivity index (χ0n) is 18.1. The predicted molar refractivity (Wildman–Crippen MR) is 115 cm³/mol. The molecule has 0 radical (unpaired) electrons. The number of hydrogen-bond acceptors (Lipinski definition) is 5. The lowest BCUT2D eigenvalue weighted by Crippen LogP contribution is -2.55. The Hall–Kier alpha value is -3.08. The van der Waals surface area contributed by atoms with Gasteiger partial charge in [-0.15, -0.1) is 0 Å². The van der Waals surface area contributed by atoms with E-state index in [0.717, 1.165) is 36.4 Å². The van der Waals surface area contributed by atoms with Gasteiger partial charge in [0.15, 0.2) is 0 Å². The zero-order chi connectivity index (χ0) is 25.9. The number of halogens is 5. The van der Waals surface area contributed by atoms with E-state index in [1.54, 1.807) is 0 Å². The van der Waals surface area contributed by atoms with Crippen molar-refractivity contribution in [3.63, 3.8) is 0 Å². The maximum Gasteiger partial charge on any atom is 0.407 e. The van der Waals surface area contributed by atoms with E-state index in [1.165, 1.54) is 12.1 Å². The van der Waals surface area contributed by atoms with Crippen LogP contribution in [0.5, 0.6) is 0 Å². The number of nitrogens with zero attached hydrogens (tertiary/aromatic N) is 1. The second-order valence-electron chi connectivity index (χ2n) is 8.16. The molecule has 1 fully saturated rings. The van der Waals surface area contributed by atoms with Crippen LogP contribution in [0, 0.1) is 23.0 Å². The minimum atomic E-state index is -4.96. The fourth-order valence-electron chi connectivity index (χ4n) is 3.22. The van der Waals surface area contributed by atoms with Crippen molar-refractivity contribution >= 4 is 15.9 Å². The Bertz CT molecular complexity index is 1190. The van der Waals surface area contributed by atoms with Crippen LogP contribution >= 0.6 is 0 Å². The van der Waals surface area contributed by atoms with Crippen LogP contribution < -0.4 is 15.4 Å². The van der Waals surface area contributed by atoms with Crippen LogP contribution in [0.3, 0.4) is 0 Å². The van der Waals surface area contributed by atoms with Crippen LogP contribution in [0.4, 0.5) is 22.0 Å². The molecule has 3 rings (SSSR count). The Balaban J connectivity index is 1.83. The summed E-state index contributed by atoms with van der Waals surface area (Å²) in [6.07, 6.45) is -4.41. The first-order valence-corrected chi connectivity index (χ1v) is 12.0. The van der Waals surface area contributed by atoms with Gasteiger partial charge in [-0.1, -0.05) is 24.3 Å². The molecule has 3 N–H and O–H groups in total. The second kappa shape index (κ2) is 10.3. The van der Waals surface area contributed by atoms with Gasteiger partial charge in [0.2, 0.25) is 15.9 Å². The number of amides is 1. The average Bonchev–Trinajstić information content (AvgIpc) is 3.56. The third kappa shape index (κ3) is 7.45. The molecular weight excluding hydrogens is 495 g/mol. The number of carbonyl (C=O) groups excluding carboxylic acids is 1. The largest absolute Gasteiger partial charge is 0.407 e. The number of hydrogen-bond donors (Lipinski definition) is 3. The molecule has 2 aromatic rings. The quantitative estimate of drug-likeness (QED) is 0.421. The van der Waals surface area contributed by atoms with Crippen molar-refractivity contribution in [1.29, 1.82) is 5.26 Å². The first-order chi connectivity index (χ1) is 16.3. The van der Waals surface area contributed by atoms with Crippen molar-refractivity contribution in [3.8, 4) is 6.07 Å². The summed E-state index contributed by atoms with van der Waals surface area (Å²) in [6, 6.07) is 5.64. The second-order valence-corrected chi connectivity index (χ2v) is 10.0. The molecule has 0 aliphatic heterocycles. The molecular formula is C22H21F5N4O3S. The number of rotatable bonds is 10. The maximum atomic E-state index is 13.8. The van der Waals surface area contributed by atoms with Crippen molar-refractivity contribution in [2.24, 2.45) is 0 Å². The Morgan fingerprint density at radius 3 is 2.06 bits per heavy atom. The molecule has 188 valence electrons. The van der Waals surface area contributed by atoms with Crippen molar-refractivity contribution in [2.45, 2.75) is 43.2 Å². The Morgan fingerprint density at radius 1 is 1.03 bits per heavy atom. The SMILES string of the molecule is N#CC1(NC(=O)[C@H](CS(=O)(=O)NCc2ccc(F)cc2)N[C@@H](c2ccc(F)cc2)C(F)(F)F)CC1. The highest BCUT2D eigenvalue weighted by Crippen LogP contribution is 2.35. The monoisotopic (exact) mass is 516 g/mol. The third-order valence-corrected chi connectivity index (χ3v) is 6.69. The van der Waals surface area contributed by atoms with Gasteiger partial charge in [0.05, 0.1) is 11.8 Å². The lowest BCUT2D eigenvalue weighted by molar-refractivity contribution is -0.160. The summed E-state index contributed by atoms with van der Waals surface area (Å²) in [6.45, 7) is -0.292. The number of sulfonamides is 1. The van der Waals surface area contributed by atoms with E-state index in [9.17, 15) is 40.4 Å². The van der Waals surface area contributed by atoms with E-state index < -0.39 is 62.7 Å². The van der Waals surface area contributed by atoms with Crippen LogP contribution in [0.15, 0.2) is 48.5 Å². The van der Waals surface area contributed by atoms with E-state index in [4.69, 9.17) is 0 Å². The molecule has 2 aromatic carbocycles. The molecule has 2 atom stereocenters. The summed E-state index contributed by atoms with van der Waals surface area (Å²) in [5.41, 5.74) is -1.31. The lowest BCUT2D eigenvalue weighted by Gasteiger charge is -2.28. The zero-order valence-corrected chi connectivity index (χ0v) is 18.9. The van der Waals surface area contributed by atoms with Crippen LogP contribution in [-0.2, 0) is 21.4 Å². The van der Waals surface area contributed by atoms with E-state index >= 15 is 0 Å². The lowest BCUT2D eigenvalue weighted by atomic mass is 10.0. The van der Waals surface area contributed by atoms with Gasteiger partial charge in [-0.25, -0.2) is 21.9 Å². The van der Waals surface area contributed by atoms with Crippen LogP contribution in [-0.4, -0.2) is 37.8 Å². The molecule has 1 saturated carbocycles. The van der Waals surface area contributed by atoms with E-state index in [-0.39, 0.29) is 19.4 Å². The van der Waals surface area contributed by atoms with E-state index in [2.05, 4.69) is 10.0 Å².